The fourth-order valence-corrected chi connectivity index (χ4v) is 4.59. The van der Waals surface area contributed by atoms with E-state index >= 15 is 0 Å². The molecule has 0 unspecified atom stereocenters. The van der Waals surface area contributed by atoms with Gasteiger partial charge in [-0.2, -0.15) is 0 Å². The van der Waals surface area contributed by atoms with Crippen LogP contribution >= 0.6 is 0 Å². The Morgan fingerprint density at radius 2 is 0.735 bits per heavy atom. The van der Waals surface area contributed by atoms with Crippen molar-refractivity contribution in [3.63, 3.8) is 0 Å². The van der Waals surface area contributed by atoms with Crippen LogP contribution in [0.25, 0.3) is 11.1 Å². The SMILES string of the molecule is O=S(=O)(c1ccccc1)c1ccc(Oc2ccccc2)cc1.c1ccc(-c2ccccc2)cc1. The first kappa shape index (κ1) is 23.0. The number of benzene rings is 5. The summed E-state index contributed by atoms with van der Waals surface area (Å²) < 4.78 is 30.6. The minimum Gasteiger partial charge on any atom is -0.457 e. The number of hydrogen-bond acceptors (Lipinski definition) is 3. The molecule has 0 N–H and O–H groups in total. The second-order valence-electron chi connectivity index (χ2n) is 7.44. The van der Waals surface area contributed by atoms with Crippen LogP contribution in [0.2, 0.25) is 0 Å². The quantitative estimate of drug-likeness (QED) is 0.268. The van der Waals surface area contributed by atoms with Crippen molar-refractivity contribution >= 4 is 9.84 Å². The number of ether oxygens (including phenoxy) is 1. The molecule has 0 spiro atoms. The lowest BCUT2D eigenvalue weighted by Crippen LogP contribution is -2.01. The molecule has 0 radical (unpaired) electrons. The Morgan fingerprint density at radius 3 is 1.21 bits per heavy atom. The van der Waals surface area contributed by atoms with Crippen molar-refractivity contribution < 1.29 is 13.2 Å². The molecule has 5 aromatic carbocycles. The molecule has 4 heteroatoms. The number of para-hydroxylation sites is 1. The van der Waals surface area contributed by atoms with Crippen LogP contribution < -0.4 is 4.74 Å². The van der Waals surface area contributed by atoms with E-state index in [2.05, 4.69) is 48.5 Å². The maximum absolute atomic E-state index is 12.5. The van der Waals surface area contributed by atoms with Crippen LogP contribution in [0.4, 0.5) is 0 Å². The van der Waals surface area contributed by atoms with E-state index in [1.807, 2.05) is 42.5 Å². The van der Waals surface area contributed by atoms with Gasteiger partial charge in [0.15, 0.2) is 0 Å². The molecule has 0 amide bonds. The molecule has 0 saturated heterocycles. The molecule has 3 nitrogen and oxygen atoms in total. The van der Waals surface area contributed by atoms with Gasteiger partial charge in [-0.1, -0.05) is 97.1 Å². The van der Waals surface area contributed by atoms with Gasteiger partial charge in [0.05, 0.1) is 9.79 Å². The summed E-state index contributed by atoms with van der Waals surface area (Å²) in [6.45, 7) is 0. The maximum atomic E-state index is 12.5. The first-order valence-electron chi connectivity index (χ1n) is 10.9. The minimum absolute atomic E-state index is 0.249. The highest BCUT2D eigenvalue weighted by Gasteiger charge is 2.16. The van der Waals surface area contributed by atoms with Gasteiger partial charge in [0, 0.05) is 0 Å². The third kappa shape index (κ3) is 6.00. The summed E-state index contributed by atoms with van der Waals surface area (Å²) in [5.41, 5.74) is 2.55. The molecule has 0 aliphatic rings. The van der Waals surface area contributed by atoms with E-state index in [0.717, 1.165) is 0 Å². The van der Waals surface area contributed by atoms with Gasteiger partial charge in [0.25, 0.3) is 0 Å². The molecular formula is C30H24O3S. The topological polar surface area (TPSA) is 43.4 Å². The normalized spacial score (nSPS) is 10.6. The van der Waals surface area contributed by atoms with Crippen molar-refractivity contribution in [1.82, 2.24) is 0 Å². The van der Waals surface area contributed by atoms with Gasteiger partial charge in [-0.3, -0.25) is 0 Å². The summed E-state index contributed by atoms with van der Waals surface area (Å²) in [4.78, 5) is 0.533. The van der Waals surface area contributed by atoms with E-state index < -0.39 is 9.84 Å². The van der Waals surface area contributed by atoms with E-state index in [4.69, 9.17) is 4.74 Å². The number of sulfone groups is 1. The van der Waals surface area contributed by atoms with Gasteiger partial charge in [0.1, 0.15) is 11.5 Å². The average molecular weight is 465 g/mol. The highest BCUT2D eigenvalue weighted by molar-refractivity contribution is 7.91. The summed E-state index contributed by atoms with van der Waals surface area (Å²) in [6.07, 6.45) is 0. The molecule has 5 aromatic rings. The second-order valence-corrected chi connectivity index (χ2v) is 9.38. The molecule has 34 heavy (non-hydrogen) atoms. The number of hydrogen-bond donors (Lipinski definition) is 0. The van der Waals surface area contributed by atoms with Gasteiger partial charge in [-0.05, 0) is 59.7 Å². The predicted molar refractivity (Wildman–Crippen MR) is 137 cm³/mol. The Balaban J connectivity index is 0.000000192. The summed E-state index contributed by atoms with van der Waals surface area (Å²) in [7, 11) is -3.48. The van der Waals surface area contributed by atoms with Crippen molar-refractivity contribution in [1.29, 1.82) is 0 Å². The Labute approximate surface area is 200 Å². The van der Waals surface area contributed by atoms with Crippen LogP contribution in [-0.4, -0.2) is 8.42 Å². The highest BCUT2D eigenvalue weighted by Crippen LogP contribution is 2.25. The van der Waals surface area contributed by atoms with Crippen LogP contribution in [0.3, 0.4) is 0 Å². The fraction of sp³-hybridized carbons (Fsp3) is 0. The molecule has 0 aliphatic heterocycles. The van der Waals surface area contributed by atoms with Gasteiger partial charge in [0.2, 0.25) is 9.84 Å². The van der Waals surface area contributed by atoms with Gasteiger partial charge < -0.3 is 4.74 Å². The molecule has 0 heterocycles. The van der Waals surface area contributed by atoms with Crippen LogP contribution in [0.15, 0.2) is 155 Å². The minimum atomic E-state index is -3.48. The fourth-order valence-electron chi connectivity index (χ4n) is 3.31. The zero-order valence-corrected chi connectivity index (χ0v) is 19.3. The van der Waals surface area contributed by atoms with Crippen molar-refractivity contribution in [2.75, 3.05) is 0 Å². The lowest BCUT2D eigenvalue weighted by atomic mass is 10.1. The Kier molecular flexibility index (Phi) is 7.53. The molecule has 168 valence electrons. The molecule has 0 saturated carbocycles. The molecule has 0 fully saturated rings. The van der Waals surface area contributed by atoms with Crippen LogP contribution in [-0.2, 0) is 9.84 Å². The van der Waals surface area contributed by atoms with Crippen LogP contribution in [0.1, 0.15) is 0 Å². The Morgan fingerprint density at radius 1 is 0.382 bits per heavy atom. The van der Waals surface area contributed by atoms with E-state index in [-0.39, 0.29) is 9.79 Å². The average Bonchev–Trinajstić information content (AvgIpc) is 2.91. The van der Waals surface area contributed by atoms with E-state index in [9.17, 15) is 8.42 Å². The second kappa shape index (κ2) is 11.1. The molecule has 0 atom stereocenters. The zero-order chi connectivity index (χ0) is 23.6. The predicted octanol–water partition coefficient (Wildman–Crippen LogP) is 7.67. The van der Waals surface area contributed by atoms with Crippen LogP contribution in [0, 0.1) is 0 Å². The van der Waals surface area contributed by atoms with Gasteiger partial charge in [-0.25, -0.2) is 8.42 Å². The van der Waals surface area contributed by atoms with E-state index in [1.165, 1.54) is 11.1 Å². The molecule has 0 aromatic heterocycles. The largest absolute Gasteiger partial charge is 0.457 e. The smallest absolute Gasteiger partial charge is 0.206 e. The molecule has 0 bridgehead atoms. The van der Waals surface area contributed by atoms with Crippen LogP contribution in [0.5, 0.6) is 11.5 Å². The van der Waals surface area contributed by atoms with Crippen molar-refractivity contribution in [2.24, 2.45) is 0 Å². The van der Waals surface area contributed by atoms with Crippen molar-refractivity contribution in [3.05, 3.63) is 146 Å². The van der Waals surface area contributed by atoms with Crippen molar-refractivity contribution in [3.8, 4) is 22.6 Å². The maximum Gasteiger partial charge on any atom is 0.206 e. The van der Waals surface area contributed by atoms with Gasteiger partial charge in [-0.15, -0.1) is 0 Å². The standard InChI is InChI=1S/C18H14O3S.C12H10/c19-22(20,17-9-5-2-6-10-17)18-13-11-16(12-14-18)21-15-7-3-1-4-8-15;1-3-7-11(8-4-1)12-9-5-2-6-10-12/h1-14H;1-10H. The summed E-state index contributed by atoms with van der Waals surface area (Å²) >= 11 is 0. The summed E-state index contributed by atoms with van der Waals surface area (Å²) in [6, 6.07) is 44.9. The first-order chi connectivity index (χ1) is 16.6. The number of rotatable bonds is 5. The zero-order valence-electron chi connectivity index (χ0n) is 18.5. The van der Waals surface area contributed by atoms with E-state index in [0.29, 0.717) is 11.5 Å². The van der Waals surface area contributed by atoms with Crippen molar-refractivity contribution in [2.45, 2.75) is 9.79 Å². The van der Waals surface area contributed by atoms with E-state index in [1.54, 1.807) is 54.6 Å². The summed E-state index contributed by atoms with van der Waals surface area (Å²) in [5.74, 6) is 1.30. The molecular weight excluding hydrogens is 440 g/mol. The monoisotopic (exact) mass is 464 g/mol. The third-order valence-electron chi connectivity index (χ3n) is 5.05. The molecule has 5 rings (SSSR count). The third-order valence-corrected chi connectivity index (χ3v) is 6.83. The Hall–Kier alpha value is -4.15. The lowest BCUT2D eigenvalue weighted by Gasteiger charge is -2.07. The highest BCUT2D eigenvalue weighted by atomic mass is 32.2. The first-order valence-corrected chi connectivity index (χ1v) is 12.3. The Bertz CT molecular complexity index is 1350. The molecule has 0 aliphatic carbocycles. The summed E-state index contributed by atoms with van der Waals surface area (Å²) in [5, 5.41) is 0. The lowest BCUT2D eigenvalue weighted by molar-refractivity contribution is 0.482. The van der Waals surface area contributed by atoms with Gasteiger partial charge >= 0.3 is 0 Å².